The normalized spacial score (nSPS) is 10.2. The molecular weight excluding hydrogens is 224 g/mol. The molecule has 1 heterocycles. The lowest BCUT2D eigenvalue weighted by Gasteiger charge is -2.11. The van der Waals surface area contributed by atoms with Crippen LogP contribution in [0, 0.1) is 13.8 Å². The van der Waals surface area contributed by atoms with Gasteiger partial charge >= 0.3 is 0 Å². The van der Waals surface area contributed by atoms with Crippen molar-refractivity contribution in [1.29, 1.82) is 0 Å². The van der Waals surface area contributed by atoms with Crippen LogP contribution in [-0.4, -0.2) is 12.1 Å². The predicted octanol–water partition coefficient (Wildman–Crippen LogP) is 3.32. The van der Waals surface area contributed by atoms with Crippen molar-refractivity contribution in [3.63, 3.8) is 0 Å². The highest BCUT2D eigenvalue weighted by Gasteiger charge is 2.02. The maximum atomic E-state index is 5.36. The second-order valence-corrected chi connectivity index (χ2v) is 4.37. The van der Waals surface area contributed by atoms with Crippen LogP contribution in [0.2, 0.25) is 0 Å². The Balaban J connectivity index is 2.08. The number of methoxy groups -OCH3 is 1. The third-order valence-corrected chi connectivity index (χ3v) is 2.81. The van der Waals surface area contributed by atoms with E-state index in [4.69, 9.17) is 4.74 Å². The minimum Gasteiger partial charge on any atom is -0.495 e. The van der Waals surface area contributed by atoms with Crippen LogP contribution in [0.3, 0.4) is 0 Å². The van der Waals surface area contributed by atoms with Crippen molar-refractivity contribution in [2.75, 3.05) is 12.4 Å². The number of hydrogen-bond acceptors (Lipinski definition) is 3. The fourth-order valence-electron chi connectivity index (χ4n) is 1.74. The summed E-state index contributed by atoms with van der Waals surface area (Å²) in [5, 5.41) is 3.36. The molecule has 3 nitrogen and oxygen atoms in total. The van der Waals surface area contributed by atoms with Crippen molar-refractivity contribution in [2.24, 2.45) is 0 Å². The molecule has 2 rings (SSSR count). The molecule has 0 spiro atoms. The van der Waals surface area contributed by atoms with E-state index in [0.29, 0.717) is 0 Å². The molecule has 0 aliphatic heterocycles. The summed E-state index contributed by atoms with van der Waals surface area (Å²) in [6.45, 7) is 4.78. The highest BCUT2D eigenvalue weighted by Crippen LogP contribution is 2.25. The van der Waals surface area contributed by atoms with Gasteiger partial charge < -0.3 is 10.1 Å². The van der Waals surface area contributed by atoms with E-state index in [-0.39, 0.29) is 0 Å². The van der Waals surface area contributed by atoms with Gasteiger partial charge in [-0.25, -0.2) is 0 Å². The Morgan fingerprint density at radius 1 is 1.17 bits per heavy atom. The average Bonchev–Trinajstić information content (AvgIpc) is 2.39. The maximum absolute atomic E-state index is 5.36. The molecule has 3 heteroatoms. The quantitative estimate of drug-likeness (QED) is 0.893. The zero-order valence-corrected chi connectivity index (χ0v) is 11.0. The van der Waals surface area contributed by atoms with Crippen LogP contribution in [-0.2, 0) is 6.54 Å². The molecule has 0 saturated heterocycles. The average molecular weight is 242 g/mol. The van der Waals surface area contributed by atoms with Gasteiger partial charge in [0.25, 0.3) is 0 Å². The van der Waals surface area contributed by atoms with E-state index in [1.807, 2.05) is 31.3 Å². The number of ether oxygens (including phenoxy) is 1. The highest BCUT2D eigenvalue weighted by molar-refractivity contribution is 5.57. The van der Waals surface area contributed by atoms with E-state index in [1.165, 1.54) is 5.56 Å². The van der Waals surface area contributed by atoms with Gasteiger partial charge in [-0.05, 0) is 43.2 Å². The van der Waals surface area contributed by atoms with Gasteiger partial charge in [0.2, 0.25) is 0 Å². The van der Waals surface area contributed by atoms with Gasteiger partial charge in [-0.2, -0.15) is 0 Å². The Morgan fingerprint density at radius 2 is 2.00 bits per heavy atom. The Morgan fingerprint density at radius 3 is 2.67 bits per heavy atom. The zero-order chi connectivity index (χ0) is 13.0. The fourth-order valence-corrected chi connectivity index (χ4v) is 1.74. The zero-order valence-electron chi connectivity index (χ0n) is 11.0. The van der Waals surface area contributed by atoms with E-state index in [1.54, 1.807) is 7.11 Å². The number of rotatable bonds is 4. The fraction of sp³-hybridized carbons (Fsp3) is 0.267. The minimum absolute atomic E-state index is 0.743. The van der Waals surface area contributed by atoms with Crippen molar-refractivity contribution in [3.8, 4) is 5.75 Å². The van der Waals surface area contributed by atoms with E-state index in [0.717, 1.165) is 29.2 Å². The molecule has 18 heavy (non-hydrogen) atoms. The Bertz CT molecular complexity index is 521. The number of hydrogen-bond donors (Lipinski definition) is 1. The Hall–Kier alpha value is -2.03. The molecule has 1 aromatic heterocycles. The van der Waals surface area contributed by atoms with Crippen molar-refractivity contribution < 1.29 is 4.74 Å². The second kappa shape index (κ2) is 5.54. The SMILES string of the molecule is COc1cc(C)ccc1NCc1ccc(C)nc1. The van der Waals surface area contributed by atoms with Crippen LogP contribution >= 0.6 is 0 Å². The van der Waals surface area contributed by atoms with Gasteiger partial charge in [0.15, 0.2) is 0 Å². The molecule has 0 atom stereocenters. The van der Waals surface area contributed by atoms with Gasteiger partial charge in [-0.1, -0.05) is 12.1 Å². The number of nitrogens with zero attached hydrogens (tertiary/aromatic N) is 1. The maximum Gasteiger partial charge on any atom is 0.142 e. The van der Waals surface area contributed by atoms with Gasteiger partial charge in [0.05, 0.1) is 12.8 Å². The summed E-state index contributed by atoms with van der Waals surface area (Å²) >= 11 is 0. The molecule has 0 fully saturated rings. The summed E-state index contributed by atoms with van der Waals surface area (Å²) in [6, 6.07) is 10.2. The molecule has 0 saturated carbocycles. The first-order chi connectivity index (χ1) is 8.69. The summed E-state index contributed by atoms with van der Waals surface area (Å²) in [5.41, 5.74) is 4.38. The van der Waals surface area contributed by atoms with Crippen LogP contribution in [0.5, 0.6) is 5.75 Å². The lowest BCUT2D eigenvalue weighted by molar-refractivity contribution is 0.416. The number of benzene rings is 1. The molecular formula is C15H18N2O. The van der Waals surface area contributed by atoms with Crippen LogP contribution in [0.15, 0.2) is 36.5 Å². The monoisotopic (exact) mass is 242 g/mol. The van der Waals surface area contributed by atoms with Crippen molar-refractivity contribution in [3.05, 3.63) is 53.3 Å². The smallest absolute Gasteiger partial charge is 0.142 e. The van der Waals surface area contributed by atoms with Gasteiger partial charge in [0, 0.05) is 18.4 Å². The molecule has 94 valence electrons. The molecule has 0 bridgehead atoms. The van der Waals surface area contributed by atoms with Crippen molar-refractivity contribution in [2.45, 2.75) is 20.4 Å². The molecule has 0 unspecified atom stereocenters. The summed E-state index contributed by atoms with van der Waals surface area (Å²) < 4.78 is 5.36. The van der Waals surface area contributed by atoms with E-state index >= 15 is 0 Å². The van der Waals surface area contributed by atoms with E-state index in [9.17, 15) is 0 Å². The number of aryl methyl sites for hydroxylation is 2. The largest absolute Gasteiger partial charge is 0.495 e. The topological polar surface area (TPSA) is 34.1 Å². The molecule has 0 aliphatic rings. The molecule has 0 amide bonds. The lowest BCUT2D eigenvalue weighted by atomic mass is 10.2. The first kappa shape index (κ1) is 12.4. The van der Waals surface area contributed by atoms with E-state index in [2.05, 4.69) is 29.4 Å². The molecule has 0 aliphatic carbocycles. The number of pyridine rings is 1. The summed E-state index contributed by atoms with van der Waals surface area (Å²) in [7, 11) is 1.69. The van der Waals surface area contributed by atoms with E-state index < -0.39 is 0 Å². The summed E-state index contributed by atoms with van der Waals surface area (Å²) in [4.78, 5) is 4.28. The summed E-state index contributed by atoms with van der Waals surface area (Å²) in [5.74, 6) is 0.870. The Labute approximate surface area is 108 Å². The third kappa shape index (κ3) is 3.00. The summed E-state index contributed by atoms with van der Waals surface area (Å²) in [6.07, 6.45) is 1.89. The van der Waals surface area contributed by atoms with Crippen LogP contribution in [0.1, 0.15) is 16.8 Å². The van der Waals surface area contributed by atoms with Crippen LogP contribution < -0.4 is 10.1 Å². The first-order valence-electron chi connectivity index (χ1n) is 5.99. The first-order valence-corrected chi connectivity index (χ1v) is 5.99. The third-order valence-electron chi connectivity index (χ3n) is 2.81. The molecule has 2 aromatic rings. The molecule has 0 radical (unpaired) electrons. The number of aromatic nitrogens is 1. The Kier molecular flexibility index (Phi) is 3.82. The van der Waals surface area contributed by atoms with Crippen LogP contribution in [0.25, 0.3) is 0 Å². The van der Waals surface area contributed by atoms with Gasteiger partial charge in [-0.15, -0.1) is 0 Å². The molecule has 1 aromatic carbocycles. The van der Waals surface area contributed by atoms with Crippen molar-refractivity contribution >= 4 is 5.69 Å². The lowest BCUT2D eigenvalue weighted by Crippen LogP contribution is -2.02. The number of nitrogens with one attached hydrogen (secondary N) is 1. The van der Waals surface area contributed by atoms with Gasteiger partial charge in [0.1, 0.15) is 5.75 Å². The minimum atomic E-state index is 0.743. The number of anilines is 1. The second-order valence-electron chi connectivity index (χ2n) is 4.37. The highest BCUT2D eigenvalue weighted by atomic mass is 16.5. The predicted molar refractivity (Wildman–Crippen MR) is 74.0 cm³/mol. The van der Waals surface area contributed by atoms with Crippen molar-refractivity contribution in [1.82, 2.24) is 4.98 Å². The van der Waals surface area contributed by atoms with Crippen LogP contribution in [0.4, 0.5) is 5.69 Å². The van der Waals surface area contributed by atoms with Gasteiger partial charge in [-0.3, -0.25) is 4.98 Å². The standard InChI is InChI=1S/C15H18N2O/c1-11-4-7-14(15(8-11)18-3)17-10-13-6-5-12(2)16-9-13/h4-9,17H,10H2,1-3H3. The molecule has 1 N–H and O–H groups in total.